The first kappa shape index (κ1) is 20.6. The van der Waals surface area contributed by atoms with Crippen molar-refractivity contribution in [2.45, 2.75) is 13.1 Å². The summed E-state index contributed by atoms with van der Waals surface area (Å²) in [7, 11) is 10.0. The van der Waals surface area contributed by atoms with Crippen molar-refractivity contribution in [2.75, 3.05) is 35.4 Å². The Kier molecular flexibility index (Phi) is 6.58. The fraction of sp³-hybridized carbons (Fsp3) is 0.333. The molecule has 1 heterocycles. The van der Waals surface area contributed by atoms with Gasteiger partial charge in [-0.05, 0) is 23.8 Å². The maximum Gasteiger partial charge on any atom is 0.161 e. The normalized spacial score (nSPS) is 11.3. The fourth-order valence-corrected chi connectivity index (χ4v) is 3.27. The molecule has 0 unspecified atom stereocenters. The number of benzene rings is 2. The number of methoxy groups -OCH3 is 2. The number of fused-ring (bicyclic) bond motifs is 1. The van der Waals surface area contributed by atoms with Crippen LogP contribution in [0.5, 0.6) is 11.5 Å². The van der Waals surface area contributed by atoms with E-state index in [9.17, 15) is 0 Å². The number of aromatic nitrogens is 1. The highest BCUT2D eigenvalue weighted by Crippen LogP contribution is 2.29. The van der Waals surface area contributed by atoms with Crippen LogP contribution in [0.15, 0.2) is 48.7 Å². The monoisotopic (exact) mass is 466 g/mol. The molecule has 140 valence electrons. The zero-order valence-corrected chi connectivity index (χ0v) is 18.3. The Morgan fingerprint density at radius 1 is 0.923 bits per heavy atom. The van der Waals surface area contributed by atoms with Crippen molar-refractivity contribution in [3.05, 3.63) is 59.8 Å². The summed E-state index contributed by atoms with van der Waals surface area (Å²) in [5.41, 5.74) is 3.83. The van der Waals surface area contributed by atoms with E-state index < -0.39 is 0 Å². The second kappa shape index (κ2) is 8.31. The van der Waals surface area contributed by atoms with Crippen LogP contribution < -0.4 is 33.5 Å². The van der Waals surface area contributed by atoms with Crippen LogP contribution in [0.2, 0.25) is 0 Å². The Morgan fingerprint density at radius 2 is 1.62 bits per heavy atom. The molecular formula is C21H27IN2O2. The van der Waals surface area contributed by atoms with Crippen molar-refractivity contribution in [3.63, 3.8) is 0 Å². The molecule has 0 saturated heterocycles. The van der Waals surface area contributed by atoms with Crippen molar-refractivity contribution >= 4 is 10.9 Å². The average molecular weight is 466 g/mol. The standard InChI is InChI=1S/C21H27N2O2.HI/c1-23(2,3)15-17-14-22(19-9-7-6-8-18(17)19)13-16-10-11-20(24-4)21(12-16)25-5;/h6-12,14H,13,15H2,1-5H3;1H/q+1;/p-1. The molecule has 0 aliphatic heterocycles. The smallest absolute Gasteiger partial charge is 0.161 e. The minimum atomic E-state index is 0. The Labute approximate surface area is 172 Å². The van der Waals surface area contributed by atoms with Crippen LogP contribution in [-0.4, -0.2) is 44.4 Å². The molecule has 0 radical (unpaired) electrons. The zero-order chi connectivity index (χ0) is 18.0. The van der Waals surface area contributed by atoms with Gasteiger partial charge in [0, 0.05) is 29.2 Å². The number of ether oxygens (including phenoxy) is 2. The Hall–Kier alpha value is -1.73. The minimum Gasteiger partial charge on any atom is -1.00 e. The Morgan fingerprint density at radius 3 is 2.27 bits per heavy atom. The third-order valence-electron chi connectivity index (χ3n) is 4.32. The van der Waals surface area contributed by atoms with Gasteiger partial charge >= 0.3 is 0 Å². The minimum absolute atomic E-state index is 0. The topological polar surface area (TPSA) is 23.4 Å². The molecule has 26 heavy (non-hydrogen) atoms. The van der Waals surface area contributed by atoms with Gasteiger partial charge in [0.1, 0.15) is 6.54 Å². The van der Waals surface area contributed by atoms with Crippen molar-refractivity contribution in [3.8, 4) is 11.5 Å². The van der Waals surface area contributed by atoms with E-state index in [0.29, 0.717) is 0 Å². The van der Waals surface area contributed by atoms with Crippen molar-refractivity contribution in [1.82, 2.24) is 4.57 Å². The second-order valence-electron chi connectivity index (χ2n) is 7.44. The summed E-state index contributed by atoms with van der Waals surface area (Å²) >= 11 is 0. The predicted molar refractivity (Wildman–Crippen MR) is 102 cm³/mol. The van der Waals surface area contributed by atoms with E-state index >= 15 is 0 Å². The van der Waals surface area contributed by atoms with Crippen molar-refractivity contribution in [1.29, 1.82) is 0 Å². The average Bonchev–Trinajstić information content (AvgIpc) is 2.91. The van der Waals surface area contributed by atoms with E-state index in [-0.39, 0.29) is 24.0 Å². The molecule has 0 aliphatic carbocycles. The lowest BCUT2D eigenvalue weighted by Gasteiger charge is -2.23. The van der Waals surface area contributed by atoms with Crippen LogP contribution in [0, 0.1) is 0 Å². The number of para-hydroxylation sites is 1. The first-order chi connectivity index (χ1) is 11.9. The molecule has 5 heteroatoms. The molecule has 0 saturated carbocycles. The van der Waals surface area contributed by atoms with E-state index in [1.165, 1.54) is 22.0 Å². The van der Waals surface area contributed by atoms with Gasteiger partial charge in [0.25, 0.3) is 0 Å². The number of rotatable bonds is 6. The van der Waals surface area contributed by atoms with Crippen LogP contribution in [-0.2, 0) is 13.1 Å². The first-order valence-electron chi connectivity index (χ1n) is 8.49. The summed E-state index contributed by atoms with van der Waals surface area (Å²) in [5.74, 6) is 1.53. The Balaban J connectivity index is 0.00000243. The SMILES string of the molecule is COc1ccc(Cn2cc(C[N+](C)(C)C)c3ccccc32)cc1OC.[I-]. The lowest BCUT2D eigenvalue weighted by Crippen LogP contribution is -3.00. The highest BCUT2D eigenvalue weighted by Gasteiger charge is 2.15. The number of nitrogens with zero attached hydrogens (tertiary/aromatic N) is 2. The van der Waals surface area contributed by atoms with Gasteiger partial charge in [0.2, 0.25) is 0 Å². The molecule has 0 amide bonds. The molecule has 3 rings (SSSR count). The largest absolute Gasteiger partial charge is 1.00 e. The molecule has 0 spiro atoms. The Bertz CT molecular complexity index is 881. The molecule has 1 aromatic heterocycles. The maximum absolute atomic E-state index is 5.44. The fourth-order valence-electron chi connectivity index (χ4n) is 3.27. The maximum atomic E-state index is 5.44. The van der Waals surface area contributed by atoms with Gasteiger partial charge in [-0.1, -0.05) is 24.3 Å². The summed E-state index contributed by atoms with van der Waals surface area (Å²) in [6.45, 7) is 1.80. The van der Waals surface area contributed by atoms with Gasteiger partial charge in [-0.25, -0.2) is 0 Å². The summed E-state index contributed by atoms with van der Waals surface area (Å²) in [5, 5.41) is 1.33. The van der Waals surface area contributed by atoms with Gasteiger partial charge in [0.05, 0.1) is 35.4 Å². The molecule has 0 fully saturated rings. The highest BCUT2D eigenvalue weighted by atomic mass is 127. The number of hydrogen-bond donors (Lipinski definition) is 0. The summed E-state index contributed by atoms with van der Waals surface area (Å²) in [4.78, 5) is 0. The van der Waals surface area contributed by atoms with Crippen LogP contribution in [0.25, 0.3) is 10.9 Å². The third kappa shape index (κ3) is 4.51. The zero-order valence-electron chi connectivity index (χ0n) is 16.1. The van der Waals surface area contributed by atoms with Gasteiger partial charge in [-0.3, -0.25) is 0 Å². The quantitative estimate of drug-likeness (QED) is 0.399. The van der Waals surface area contributed by atoms with Crippen LogP contribution in [0.1, 0.15) is 11.1 Å². The van der Waals surface area contributed by atoms with E-state index in [1.807, 2.05) is 12.1 Å². The van der Waals surface area contributed by atoms with Gasteiger partial charge in [0.15, 0.2) is 11.5 Å². The lowest BCUT2D eigenvalue weighted by molar-refractivity contribution is -0.883. The highest BCUT2D eigenvalue weighted by molar-refractivity contribution is 5.84. The van der Waals surface area contributed by atoms with Crippen LogP contribution >= 0.6 is 0 Å². The third-order valence-corrected chi connectivity index (χ3v) is 4.32. The summed E-state index contributed by atoms with van der Waals surface area (Å²) in [6.07, 6.45) is 2.28. The molecule has 0 atom stereocenters. The van der Waals surface area contributed by atoms with Crippen LogP contribution in [0.3, 0.4) is 0 Å². The van der Waals surface area contributed by atoms with E-state index in [4.69, 9.17) is 9.47 Å². The van der Waals surface area contributed by atoms with E-state index in [1.54, 1.807) is 14.2 Å². The predicted octanol–water partition coefficient (Wildman–Crippen LogP) is 0.917. The van der Waals surface area contributed by atoms with Gasteiger partial charge in [-0.2, -0.15) is 0 Å². The van der Waals surface area contributed by atoms with E-state index in [0.717, 1.165) is 29.1 Å². The summed E-state index contributed by atoms with van der Waals surface area (Å²) < 4.78 is 14.0. The molecule has 3 aromatic rings. The molecule has 2 aromatic carbocycles. The molecule has 0 N–H and O–H groups in total. The number of quaternary nitrogens is 1. The van der Waals surface area contributed by atoms with Gasteiger partial charge in [-0.15, -0.1) is 0 Å². The first-order valence-corrected chi connectivity index (χ1v) is 8.49. The molecule has 0 aliphatic rings. The van der Waals surface area contributed by atoms with Gasteiger partial charge < -0.3 is 42.5 Å². The molecular weight excluding hydrogens is 439 g/mol. The number of halogens is 1. The van der Waals surface area contributed by atoms with Crippen molar-refractivity contribution < 1.29 is 37.9 Å². The van der Waals surface area contributed by atoms with Crippen molar-refractivity contribution in [2.24, 2.45) is 0 Å². The molecule has 4 nitrogen and oxygen atoms in total. The van der Waals surface area contributed by atoms with E-state index in [2.05, 4.69) is 62.2 Å². The van der Waals surface area contributed by atoms with Crippen LogP contribution in [0.4, 0.5) is 0 Å². The second-order valence-corrected chi connectivity index (χ2v) is 7.44. The number of hydrogen-bond acceptors (Lipinski definition) is 2. The lowest BCUT2D eigenvalue weighted by atomic mass is 10.1. The summed E-state index contributed by atoms with van der Waals surface area (Å²) in [6, 6.07) is 14.7. The molecule has 0 bridgehead atoms.